The second-order valence-corrected chi connectivity index (χ2v) is 6.59. The summed E-state index contributed by atoms with van der Waals surface area (Å²) in [5.74, 6) is 1.34. The van der Waals surface area contributed by atoms with Crippen molar-refractivity contribution in [1.29, 1.82) is 0 Å². The molecule has 2 rings (SSSR count). The van der Waals surface area contributed by atoms with Crippen molar-refractivity contribution in [2.24, 2.45) is 0 Å². The molecule has 0 unspecified atom stereocenters. The van der Waals surface area contributed by atoms with Gasteiger partial charge in [0, 0.05) is 12.6 Å². The zero-order valence-corrected chi connectivity index (χ0v) is 15.6. The zero-order chi connectivity index (χ0) is 17.9. The zero-order valence-electron chi connectivity index (χ0n) is 15.6. The number of carbonyl (C=O) groups is 1. The number of nitrogens with one attached hydrogen (secondary N) is 1. The van der Waals surface area contributed by atoms with Gasteiger partial charge in [-0.1, -0.05) is 25.8 Å². The van der Waals surface area contributed by atoms with Crippen molar-refractivity contribution >= 4 is 5.91 Å². The highest BCUT2D eigenvalue weighted by Crippen LogP contribution is 2.20. The van der Waals surface area contributed by atoms with Crippen molar-refractivity contribution < 1.29 is 14.3 Å². The molecule has 5 heteroatoms. The second kappa shape index (κ2) is 11.0. The van der Waals surface area contributed by atoms with E-state index in [1.807, 2.05) is 25.1 Å². The first-order valence-electron chi connectivity index (χ1n) is 9.53. The lowest BCUT2D eigenvalue weighted by Crippen LogP contribution is -2.39. The minimum absolute atomic E-state index is 0.0406. The van der Waals surface area contributed by atoms with E-state index in [-0.39, 0.29) is 5.91 Å². The van der Waals surface area contributed by atoms with Crippen molar-refractivity contribution in [1.82, 2.24) is 10.2 Å². The number of rotatable bonds is 9. The predicted molar refractivity (Wildman–Crippen MR) is 100 cm³/mol. The third-order valence-corrected chi connectivity index (χ3v) is 4.63. The molecule has 25 heavy (non-hydrogen) atoms. The standard InChI is InChI=1S/C20H32N2O3/c1-3-19(25-18-11-8-10-17(16-18)24-2)20(23)21-12-9-15-22-13-6-4-5-7-14-22/h8,10-11,16,19H,3-7,9,12-15H2,1-2H3,(H,21,23)/t19-/m0/s1. The molecule has 0 bridgehead atoms. The second-order valence-electron chi connectivity index (χ2n) is 6.59. The Morgan fingerprint density at radius 1 is 1.20 bits per heavy atom. The number of ether oxygens (including phenoxy) is 2. The van der Waals surface area contributed by atoms with Gasteiger partial charge < -0.3 is 19.7 Å². The van der Waals surface area contributed by atoms with E-state index in [0.717, 1.165) is 18.7 Å². The van der Waals surface area contributed by atoms with Gasteiger partial charge in [0.2, 0.25) is 0 Å². The highest BCUT2D eigenvalue weighted by atomic mass is 16.5. The number of hydrogen-bond acceptors (Lipinski definition) is 4. The van der Waals surface area contributed by atoms with Crippen molar-refractivity contribution in [3.8, 4) is 11.5 Å². The SMILES string of the molecule is CC[C@H](Oc1cccc(OC)c1)C(=O)NCCCN1CCCCCC1. The van der Waals surface area contributed by atoms with E-state index in [1.54, 1.807) is 13.2 Å². The fourth-order valence-corrected chi connectivity index (χ4v) is 3.15. The molecule has 0 spiro atoms. The first-order chi connectivity index (χ1) is 12.2. The topological polar surface area (TPSA) is 50.8 Å². The van der Waals surface area contributed by atoms with E-state index in [1.165, 1.54) is 38.8 Å². The van der Waals surface area contributed by atoms with Gasteiger partial charge in [0.15, 0.2) is 6.10 Å². The maximum Gasteiger partial charge on any atom is 0.261 e. The van der Waals surface area contributed by atoms with Crippen molar-refractivity contribution in [3.05, 3.63) is 24.3 Å². The van der Waals surface area contributed by atoms with Gasteiger partial charge in [-0.05, 0) is 57.5 Å². The summed E-state index contributed by atoms with van der Waals surface area (Å²) >= 11 is 0. The van der Waals surface area contributed by atoms with Gasteiger partial charge in [0.1, 0.15) is 11.5 Å². The normalized spacial score (nSPS) is 16.7. The van der Waals surface area contributed by atoms with E-state index in [0.29, 0.717) is 18.7 Å². The molecule has 5 nitrogen and oxygen atoms in total. The largest absolute Gasteiger partial charge is 0.497 e. The Hall–Kier alpha value is -1.75. The highest BCUT2D eigenvalue weighted by molar-refractivity contribution is 5.81. The number of benzene rings is 1. The van der Waals surface area contributed by atoms with Crippen LogP contribution in [0.5, 0.6) is 11.5 Å². The van der Waals surface area contributed by atoms with Crippen LogP contribution < -0.4 is 14.8 Å². The number of methoxy groups -OCH3 is 1. The van der Waals surface area contributed by atoms with Gasteiger partial charge >= 0.3 is 0 Å². The Bertz CT molecular complexity index is 513. The molecule has 1 aliphatic rings. The molecule has 1 aromatic carbocycles. The third kappa shape index (κ3) is 6.94. The van der Waals surface area contributed by atoms with Crippen LogP contribution >= 0.6 is 0 Å². The monoisotopic (exact) mass is 348 g/mol. The minimum atomic E-state index is -0.467. The molecule has 0 aromatic heterocycles. The van der Waals surface area contributed by atoms with Crippen LogP contribution in [-0.4, -0.2) is 50.2 Å². The van der Waals surface area contributed by atoms with Gasteiger partial charge in [0.05, 0.1) is 7.11 Å². The van der Waals surface area contributed by atoms with Crippen LogP contribution in [0.1, 0.15) is 45.4 Å². The summed E-state index contributed by atoms with van der Waals surface area (Å²) in [5.41, 5.74) is 0. The van der Waals surface area contributed by atoms with Gasteiger partial charge in [-0.3, -0.25) is 4.79 Å². The summed E-state index contributed by atoms with van der Waals surface area (Å²) in [5, 5.41) is 3.02. The third-order valence-electron chi connectivity index (χ3n) is 4.63. The molecule has 140 valence electrons. The van der Waals surface area contributed by atoms with Crippen LogP contribution in [0.25, 0.3) is 0 Å². The molecule has 1 heterocycles. The number of amides is 1. The molecule has 1 aliphatic heterocycles. The van der Waals surface area contributed by atoms with E-state index in [9.17, 15) is 4.79 Å². The highest BCUT2D eigenvalue weighted by Gasteiger charge is 2.18. The van der Waals surface area contributed by atoms with Crippen molar-refractivity contribution in [2.75, 3.05) is 33.3 Å². The van der Waals surface area contributed by atoms with E-state index >= 15 is 0 Å². The molecular formula is C20H32N2O3. The number of hydrogen-bond donors (Lipinski definition) is 1. The lowest BCUT2D eigenvalue weighted by atomic mass is 10.2. The molecule has 1 atom stereocenters. The average molecular weight is 348 g/mol. The van der Waals surface area contributed by atoms with Crippen molar-refractivity contribution in [3.63, 3.8) is 0 Å². The lowest BCUT2D eigenvalue weighted by Gasteiger charge is -2.20. The van der Waals surface area contributed by atoms with Crippen LogP contribution in [0.2, 0.25) is 0 Å². The fourth-order valence-electron chi connectivity index (χ4n) is 3.15. The first-order valence-corrected chi connectivity index (χ1v) is 9.53. The summed E-state index contributed by atoms with van der Waals surface area (Å²) in [6.45, 7) is 6.12. The molecule has 1 fully saturated rings. The van der Waals surface area contributed by atoms with Crippen LogP contribution in [0, 0.1) is 0 Å². The van der Waals surface area contributed by atoms with Crippen LogP contribution in [0.3, 0.4) is 0 Å². The first kappa shape index (κ1) is 19.6. The van der Waals surface area contributed by atoms with E-state index < -0.39 is 6.10 Å². The average Bonchev–Trinajstić information content (AvgIpc) is 2.92. The van der Waals surface area contributed by atoms with Crippen LogP contribution in [0.15, 0.2) is 24.3 Å². The molecule has 1 N–H and O–H groups in total. The van der Waals surface area contributed by atoms with Crippen molar-refractivity contribution in [2.45, 2.75) is 51.6 Å². The molecule has 1 aromatic rings. The van der Waals surface area contributed by atoms with Crippen LogP contribution in [0.4, 0.5) is 0 Å². The number of carbonyl (C=O) groups excluding carboxylic acids is 1. The Kier molecular flexibility index (Phi) is 8.60. The molecule has 0 radical (unpaired) electrons. The Morgan fingerprint density at radius 2 is 1.92 bits per heavy atom. The summed E-state index contributed by atoms with van der Waals surface area (Å²) in [6, 6.07) is 7.36. The fraction of sp³-hybridized carbons (Fsp3) is 0.650. The molecule has 0 saturated carbocycles. The van der Waals surface area contributed by atoms with E-state index in [2.05, 4.69) is 10.2 Å². The maximum atomic E-state index is 12.4. The predicted octanol–water partition coefficient (Wildman–Crippen LogP) is 3.23. The Morgan fingerprint density at radius 3 is 2.60 bits per heavy atom. The summed E-state index contributed by atoms with van der Waals surface area (Å²) < 4.78 is 11.0. The Labute approximate surface area is 151 Å². The van der Waals surface area contributed by atoms with E-state index in [4.69, 9.17) is 9.47 Å². The molecule has 1 saturated heterocycles. The molecule has 1 amide bonds. The van der Waals surface area contributed by atoms with Gasteiger partial charge in [-0.25, -0.2) is 0 Å². The smallest absolute Gasteiger partial charge is 0.261 e. The minimum Gasteiger partial charge on any atom is -0.497 e. The number of nitrogens with zero attached hydrogens (tertiary/aromatic N) is 1. The Balaban J connectivity index is 1.71. The molecule has 0 aliphatic carbocycles. The van der Waals surface area contributed by atoms with Gasteiger partial charge in [0.25, 0.3) is 5.91 Å². The summed E-state index contributed by atoms with van der Waals surface area (Å²) in [4.78, 5) is 14.9. The lowest BCUT2D eigenvalue weighted by molar-refractivity contribution is -0.128. The maximum absolute atomic E-state index is 12.4. The number of likely N-dealkylation sites (tertiary alicyclic amines) is 1. The summed E-state index contributed by atoms with van der Waals surface area (Å²) in [6.07, 6.45) is 6.47. The van der Waals surface area contributed by atoms with Gasteiger partial charge in [-0.15, -0.1) is 0 Å². The summed E-state index contributed by atoms with van der Waals surface area (Å²) in [7, 11) is 1.62. The van der Waals surface area contributed by atoms with Crippen LogP contribution in [-0.2, 0) is 4.79 Å². The quantitative estimate of drug-likeness (QED) is 0.696. The van der Waals surface area contributed by atoms with Gasteiger partial charge in [-0.2, -0.15) is 0 Å². The molecular weight excluding hydrogens is 316 g/mol.